The molecule has 0 bridgehead atoms. The van der Waals surface area contributed by atoms with Gasteiger partial charge < -0.3 is 11.5 Å². The molecule has 0 aliphatic carbocycles. The highest BCUT2D eigenvalue weighted by Crippen LogP contribution is 2.12. The largest absolute Gasteiger partial charge is 0.362 e. The quantitative estimate of drug-likeness (QED) is 0.667. The topological polar surface area (TPSA) is 47.0 Å². The van der Waals surface area contributed by atoms with Gasteiger partial charge in [0.15, 0.2) is 0 Å². The number of hydrogen-bond donors (Lipinski definition) is 2. The Bertz CT molecular complexity index is 222. The fraction of sp³-hybridized carbons (Fsp3) is 0.500. The molecule has 0 atom stereocenters. The molecule has 0 unspecified atom stereocenters. The molecule has 0 fully saturated rings. The first-order valence-electron chi connectivity index (χ1n) is 4.92. The lowest BCUT2D eigenvalue weighted by atomic mass is 10.1. The van der Waals surface area contributed by atoms with Crippen LogP contribution in [0.2, 0.25) is 0 Å². The highest BCUT2D eigenvalue weighted by Gasteiger charge is 1.98. The van der Waals surface area contributed by atoms with Gasteiger partial charge in [0.1, 0.15) is 0 Å². The summed E-state index contributed by atoms with van der Waals surface area (Å²) in [5.74, 6) is 0. The molecule has 0 aromatic rings. The summed E-state index contributed by atoms with van der Waals surface area (Å²) >= 11 is 0. The molecule has 2 heteroatoms. The number of nitrogens with one attached hydrogen (secondary N) is 1. The van der Waals surface area contributed by atoms with E-state index < -0.39 is 0 Å². The van der Waals surface area contributed by atoms with Crippen LogP contribution in [0.3, 0.4) is 0 Å². The number of unbranched alkanes of at least 4 members (excludes halogenated alkanes) is 1. The van der Waals surface area contributed by atoms with Crippen molar-refractivity contribution in [3.8, 4) is 0 Å². The standard InChI is InChI=1S/C8H11N.C4H10.H3N/c1-6-4-8(3)9-5-7(6)2;1-3-4-2;/h4-5,9H,3H2,1-2H3;3-4H2,1-2H3;1H3. The Hall–Kier alpha value is -1.02. The van der Waals surface area contributed by atoms with Gasteiger partial charge in [-0.3, -0.25) is 0 Å². The van der Waals surface area contributed by atoms with Crippen LogP contribution >= 0.6 is 0 Å². The Morgan fingerprint density at radius 1 is 1.14 bits per heavy atom. The van der Waals surface area contributed by atoms with Gasteiger partial charge in [-0.1, -0.05) is 33.3 Å². The van der Waals surface area contributed by atoms with E-state index in [0.29, 0.717) is 0 Å². The van der Waals surface area contributed by atoms with Gasteiger partial charge >= 0.3 is 0 Å². The van der Waals surface area contributed by atoms with Crippen molar-refractivity contribution in [3.63, 3.8) is 0 Å². The highest BCUT2D eigenvalue weighted by molar-refractivity contribution is 5.37. The Morgan fingerprint density at radius 3 is 1.93 bits per heavy atom. The van der Waals surface area contributed by atoms with E-state index in [-0.39, 0.29) is 6.15 Å². The lowest BCUT2D eigenvalue weighted by Gasteiger charge is -2.10. The van der Waals surface area contributed by atoms with E-state index in [1.165, 1.54) is 24.0 Å². The summed E-state index contributed by atoms with van der Waals surface area (Å²) in [5.41, 5.74) is 3.54. The molecule has 2 nitrogen and oxygen atoms in total. The van der Waals surface area contributed by atoms with Gasteiger partial charge in [-0.25, -0.2) is 0 Å². The normalized spacial score (nSPS) is 13.9. The van der Waals surface area contributed by atoms with E-state index >= 15 is 0 Å². The van der Waals surface area contributed by atoms with Crippen molar-refractivity contribution >= 4 is 0 Å². The fourth-order valence-corrected chi connectivity index (χ4v) is 0.732. The number of allylic oxidation sites excluding steroid dienone is 3. The maximum absolute atomic E-state index is 3.77. The molecule has 0 aromatic carbocycles. The predicted molar refractivity (Wildman–Crippen MR) is 65.4 cm³/mol. The average Bonchev–Trinajstić information content (AvgIpc) is 2.12. The van der Waals surface area contributed by atoms with Crippen molar-refractivity contribution in [2.75, 3.05) is 0 Å². The van der Waals surface area contributed by atoms with E-state index in [1.807, 2.05) is 12.3 Å². The zero-order valence-electron chi connectivity index (χ0n) is 9.98. The van der Waals surface area contributed by atoms with Gasteiger partial charge in [-0.15, -0.1) is 0 Å². The van der Waals surface area contributed by atoms with Crippen LogP contribution in [0.4, 0.5) is 0 Å². The summed E-state index contributed by atoms with van der Waals surface area (Å²) in [6.45, 7) is 12.3. The highest BCUT2D eigenvalue weighted by atomic mass is 14.8. The van der Waals surface area contributed by atoms with Crippen LogP contribution in [0.15, 0.2) is 35.7 Å². The average molecular weight is 196 g/mol. The van der Waals surface area contributed by atoms with Crippen molar-refractivity contribution in [2.24, 2.45) is 0 Å². The molecule has 0 saturated heterocycles. The van der Waals surface area contributed by atoms with E-state index in [4.69, 9.17) is 0 Å². The van der Waals surface area contributed by atoms with Crippen LogP contribution in [0.5, 0.6) is 0 Å². The lowest BCUT2D eigenvalue weighted by molar-refractivity contribution is 0.886. The number of hydrogen-bond acceptors (Lipinski definition) is 2. The molecule has 4 N–H and O–H groups in total. The van der Waals surface area contributed by atoms with Gasteiger partial charge in [-0.05, 0) is 31.1 Å². The van der Waals surface area contributed by atoms with Gasteiger partial charge in [0.25, 0.3) is 0 Å². The van der Waals surface area contributed by atoms with E-state index in [9.17, 15) is 0 Å². The van der Waals surface area contributed by atoms with Gasteiger partial charge in [-0.2, -0.15) is 0 Å². The second kappa shape index (κ2) is 8.57. The van der Waals surface area contributed by atoms with E-state index in [0.717, 1.165) is 5.70 Å². The summed E-state index contributed by atoms with van der Waals surface area (Å²) in [7, 11) is 0. The Labute approximate surface area is 88.4 Å². The first-order chi connectivity index (χ1) is 6.11. The van der Waals surface area contributed by atoms with Gasteiger partial charge in [0.05, 0.1) is 0 Å². The number of rotatable bonds is 1. The minimum atomic E-state index is 0. The van der Waals surface area contributed by atoms with Crippen LogP contribution < -0.4 is 11.5 Å². The molecule has 0 aromatic heterocycles. The van der Waals surface area contributed by atoms with Crippen LogP contribution in [0.25, 0.3) is 0 Å². The smallest absolute Gasteiger partial charge is 0.0309 e. The van der Waals surface area contributed by atoms with E-state index in [1.54, 1.807) is 0 Å². The molecule has 1 aliphatic heterocycles. The summed E-state index contributed by atoms with van der Waals surface area (Å²) in [5, 5.41) is 3.03. The summed E-state index contributed by atoms with van der Waals surface area (Å²) in [4.78, 5) is 0. The summed E-state index contributed by atoms with van der Waals surface area (Å²) in [6.07, 6.45) is 6.65. The maximum atomic E-state index is 3.77. The Kier molecular flexibility index (Phi) is 9.46. The maximum Gasteiger partial charge on any atom is 0.0309 e. The minimum Gasteiger partial charge on any atom is -0.362 e. The first-order valence-corrected chi connectivity index (χ1v) is 4.92. The lowest BCUT2D eigenvalue weighted by Crippen LogP contribution is -2.07. The van der Waals surface area contributed by atoms with Crippen LogP contribution in [-0.2, 0) is 0 Å². The third-order valence-electron chi connectivity index (χ3n) is 1.99. The third kappa shape index (κ3) is 6.49. The molecule has 0 amide bonds. The molecule has 0 saturated carbocycles. The molecule has 1 aliphatic rings. The van der Waals surface area contributed by atoms with Crippen LogP contribution in [-0.4, -0.2) is 0 Å². The summed E-state index contributed by atoms with van der Waals surface area (Å²) < 4.78 is 0. The molecule has 14 heavy (non-hydrogen) atoms. The zero-order chi connectivity index (χ0) is 10.3. The first kappa shape index (κ1) is 15.5. The monoisotopic (exact) mass is 196 g/mol. The second-order valence-electron chi connectivity index (χ2n) is 3.32. The van der Waals surface area contributed by atoms with Crippen LogP contribution in [0.1, 0.15) is 40.5 Å². The minimum absolute atomic E-state index is 0. The predicted octanol–water partition coefficient (Wildman–Crippen LogP) is 3.92. The SMILES string of the molecule is C=C1C=C(C)C(C)=CN1.CCCC.N. The Balaban J connectivity index is 0. The molecular formula is C12H24N2. The number of dihydropyridines is 1. The molecular weight excluding hydrogens is 172 g/mol. The van der Waals surface area contributed by atoms with Crippen molar-refractivity contribution in [1.29, 1.82) is 0 Å². The second-order valence-corrected chi connectivity index (χ2v) is 3.32. The van der Waals surface area contributed by atoms with Gasteiger partial charge in [0, 0.05) is 11.9 Å². The van der Waals surface area contributed by atoms with Crippen molar-refractivity contribution in [2.45, 2.75) is 40.5 Å². The Morgan fingerprint density at radius 2 is 1.64 bits per heavy atom. The fourth-order valence-electron chi connectivity index (χ4n) is 0.732. The molecule has 0 radical (unpaired) electrons. The zero-order valence-corrected chi connectivity index (χ0v) is 9.98. The van der Waals surface area contributed by atoms with Crippen molar-refractivity contribution in [1.82, 2.24) is 11.5 Å². The third-order valence-corrected chi connectivity index (χ3v) is 1.99. The van der Waals surface area contributed by atoms with Crippen molar-refractivity contribution in [3.05, 3.63) is 35.7 Å². The molecule has 1 rings (SSSR count). The molecule has 0 spiro atoms. The van der Waals surface area contributed by atoms with Crippen LogP contribution in [0, 0.1) is 0 Å². The van der Waals surface area contributed by atoms with E-state index in [2.05, 4.69) is 39.6 Å². The van der Waals surface area contributed by atoms with Crippen molar-refractivity contribution < 1.29 is 0 Å². The summed E-state index contributed by atoms with van der Waals surface area (Å²) in [6, 6.07) is 0. The van der Waals surface area contributed by atoms with Gasteiger partial charge in [0.2, 0.25) is 0 Å². The molecule has 82 valence electrons. The molecule has 1 heterocycles.